The van der Waals surface area contributed by atoms with E-state index in [1.54, 1.807) is 0 Å². The fraction of sp³-hybridized carbons (Fsp3) is 0.769. The molecule has 1 aliphatic heterocycles. The first kappa shape index (κ1) is 16.5. The zero-order valence-electron chi connectivity index (χ0n) is 11.2. The highest BCUT2D eigenvalue weighted by molar-refractivity contribution is 14.2. The van der Waals surface area contributed by atoms with Crippen LogP contribution in [0.3, 0.4) is 0 Å². The Morgan fingerprint density at radius 2 is 2.06 bits per heavy atom. The van der Waals surface area contributed by atoms with Crippen LogP contribution in [0.5, 0.6) is 0 Å². The number of amides is 1. The zero-order chi connectivity index (χ0) is 13.8. The van der Waals surface area contributed by atoms with E-state index in [1.165, 1.54) is 8.01 Å². The van der Waals surface area contributed by atoms with E-state index in [0.29, 0.717) is 6.04 Å². The van der Waals surface area contributed by atoms with Crippen LogP contribution in [0, 0.1) is 0 Å². The van der Waals surface area contributed by atoms with E-state index < -0.39 is 5.60 Å². The van der Waals surface area contributed by atoms with Gasteiger partial charge in [-0.05, 0) is 91.6 Å². The Kier molecular flexibility index (Phi) is 6.71. The molecule has 0 aromatic carbocycles. The van der Waals surface area contributed by atoms with Gasteiger partial charge in [-0.25, -0.2) is 4.79 Å². The first-order valence-corrected chi connectivity index (χ1v) is 8.46. The van der Waals surface area contributed by atoms with E-state index in [-0.39, 0.29) is 6.09 Å². The monoisotopic (exact) mass is 477 g/mol. The third kappa shape index (κ3) is 6.08. The lowest BCUT2D eigenvalue weighted by Crippen LogP contribution is -2.45. The molecule has 0 aliphatic carbocycles. The van der Waals surface area contributed by atoms with Crippen molar-refractivity contribution in [1.82, 2.24) is 4.90 Å². The van der Waals surface area contributed by atoms with Crippen LogP contribution in [0.15, 0.2) is 7.66 Å². The quantitative estimate of drug-likeness (QED) is 0.532. The molecule has 5 heteroatoms. The van der Waals surface area contributed by atoms with E-state index in [9.17, 15) is 4.79 Å². The molecule has 0 aromatic rings. The number of ether oxygens (including phenoxy) is 1. The van der Waals surface area contributed by atoms with Crippen molar-refractivity contribution in [3.8, 4) is 0 Å². The fourth-order valence-electron chi connectivity index (χ4n) is 2.03. The Hall–Kier alpha value is 0.470. The van der Waals surface area contributed by atoms with Crippen molar-refractivity contribution in [2.75, 3.05) is 6.54 Å². The molecule has 18 heavy (non-hydrogen) atoms. The molecule has 104 valence electrons. The summed E-state index contributed by atoms with van der Waals surface area (Å²) in [7, 11) is 0. The predicted molar refractivity (Wildman–Crippen MR) is 91.3 cm³/mol. The van der Waals surface area contributed by atoms with Crippen LogP contribution in [0.4, 0.5) is 4.79 Å². The van der Waals surface area contributed by atoms with Crippen molar-refractivity contribution in [1.29, 1.82) is 0 Å². The van der Waals surface area contributed by atoms with Gasteiger partial charge in [0.2, 0.25) is 0 Å². The highest BCUT2D eigenvalue weighted by Gasteiger charge is 2.29. The Labute approximate surface area is 137 Å². The van der Waals surface area contributed by atoms with Gasteiger partial charge in [0, 0.05) is 14.2 Å². The number of carbonyl (C=O) groups excluding carboxylic acids is 1. The van der Waals surface area contributed by atoms with Crippen molar-refractivity contribution < 1.29 is 9.53 Å². The smallest absolute Gasteiger partial charge is 0.410 e. The van der Waals surface area contributed by atoms with Gasteiger partial charge < -0.3 is 9.64 Å². The highest BCUT2D eigenvalue weighted by Crippen LogP contribution is 2.25. The molecule has 0 radical (unpaired) electrons. The zero-order valence-corrected chi connectivity index (χ0v) is 15.5. The number of rotatable bonds is 2. The summed E-state index contributed by atoms with van der Waals surface area (Å²) in [5.41, 5.74) is -0.410. The summed E-state index contributed by atoms with van der Waals surface area (Å²) < 4.78 is 6.73. The lowest BCUT2D eigenvalue weighted by Gasteiger charge is -2.36. The summed E-state index contributed by atoms with van der Waals surface area (Å²) in [6.07, 6.45) is 6.32. The molecule has 1 atom stereocenters. The number of hydrogen-bond donors (Lipinski definition) is 0. The van der Waals surface area contributed by atoms with E-state index in [1.807, 2.05) is 25.7 Å². The average Bonchev–Trinajstić information content (AvgIpc) is 2.24. The minimum absolute atomic E-state index is 0.163. The van der Waals surface area contributed by atoms with Crippen LogP contribution >= 0.6 is 45.2 Å². The van der Waals surface area contributed by atoms with Gasteiger partial charge in [0.25, 0.3) is 0 Å². The summed E-state index contributed by atoms with van der Waals surface area (Å²) >= 11 is 4.60. The van der Waals surface area contributed by atoms with Crippen molar-refractivity contribution >= 4 is 51.3 Å². The van der Waals surface area contributed by atoms with Gasteiger partial charge in [-0.3, -0.25) is 0 Å². The number of piperidine rings is 1. The third-order valence-corrected chi connectivity index (χ3v) is 3.68. The van der Waals surface area contributed by atoms with Gasteiger partial charge in [-0.15, -0.1) is 0 Å². The van der Waals surface area contributed by atoms with Gasteiger partial charge in [0.15, 0.2) is 0 Å². The number of hydrogen-bond acceptors (Lipinski definition) is 2. The van der Waals surface area contributed by atoms with Gasteiger partial charge >= 0.3 is 6.09 Å². The maximum absolute atomic E-state index is 12.1. The van der Waals surface area contributed by atoms with Crippen molar-refractivity contribution in [3.05, 3.63) is 7.66 Å². The summed E-state index contributed by atoms with van der Waals surface area (Å²) in [5, 5.41) is 0. The van der Waals surface area contributed by atoms with Crippen LogP contribution in [0.25, 0.3) is 0 Å². The minimum atomic E-state index is -0.410. The molecule has 0 spiro atoms. The van der Waals surface area contributed by atoms with Crippen molar-refractivity contribution in [3.63, 3.8) is 0 Å². The number of halogens is 2. The molecule has 1 fully saturated rings. The molecule has 1 unspecified atom stereocenters. The van der Waals surface area contributed by atoms with Gasteiger partial charge in [-0.1, -0.05) is 6.08 Å². The third-order valence-electron chi connectivity index (χ3n) is 2.80. The molecule has 0 bridgehead atoms. The van der Waals surface area contributed by atoms with Crippen molar-refractivity contribution in [2.45, 2.75) is 58.1 Å². The Morgan fingerprint density at radius 3 is 2.61 bits per heavy atom. The highest BCUT2D eigenvalue weighted by atomic mass is 127. The molecule has 1 aliphatic rings. The Balaban J connectivity index is 2.64. The second kappa shape index (κ2) is 7.31. The van der Waals surface area contributed by atoms with Crippen molar-refractivity contribution in [2.24, 2.45) is 0 Å². The van der Waals surface area contributed by atoms with Crippen LogP contribution < -0.4 is 0 Å². The van der Waals surface area contributed by atoms with Crippen LogP contribution in [0.2, 0.25) is 0 Å². The topological polar surface area (TPSA) is 29.5 Å². The second-order valence-corrected chi connectivity index (χ2v) is 9.94. The number of carbonyl (C=O) groups is 1. The Bertz CT molecular complexity index is 319. The molecule has 1 saturated heterocycles. The van der Waals surface area contributed by atoms with E-state index in [4.69, 9.17) is 4.74 Å². The second-order valence-electron chi connectivity index (χ2n) is 5.55. The summed E-state index contributed by atoms with van der Waals surface area (Å²) in [6.45, 7) is 6.57. The van der Waals surface area contributed by atoms with E-state index in [2.05, 4.69) is 51.3 Å². The molecule has 1 rings (SSSR count). The van der Waals surface area contributed by atoms with E-state index in [0.717, 1.165) is 25.8 Å². The first-order valence-electron chi connectivity index (χ1n) is 6.30. The lowest BCUT2D eigenvalue weighted by molar-refractivity contribution is 0.0102. The van der Waals surface area contributed by atoms with Gasteiger partial charge in [0.05, 0.1) is 0 Å². The fourth-order valence-corrected chi connectivity index (χ4v) is 2.54. The lowest BCUT2D eigenvalue weighted by atomic mass is 10.00. The SMILES string of the molecule is CC(C)(C)OC(=O)N1CCCCC1CC=C(I)I. The summed E-state index contributed by atoms with van der Waals surface area (Å²) in [5.74, 6) is 0. The Morgan fingerprint density at radius 1 is 1.39 bits per heavy atom. The maximum atomic E-state index is 12.1. The van der Waals surface area contributed by atoms with Crippen LogP contribution in [-0.2, 0) is 4.74 Å². The summed E-state index contributed by atoms with van der Waals surface area (Å²) in [6, 6.07) is 0.299. The largest absolute Gasteiger partial charge is 0.444 e. The van der Waals surface area contributed by atoms with Crippen LogP contribution in [0.1, 0.15) is 46.5 Å². The molecular weight excluding hydrogens is 456 g/mol. The van der Waals surface area contributed by atoms with E-state index >= 15 is 0 Å². The summed E-state index contributed by atoms with van der Waals surface area (Å²) in [4.78, 5) is 14.1. The van der Waals surface area contributed by atoms with Gasteiger partial charge in [0.1, 0.15) is 5.60 Å². The van der Waals surface area contributed by atoms with Gasteiger partial charge in [-0.2, -0.15) is 0 Å². The number of likely N-dealkylation sites (tertiary alicyclic amines) is 1. The first-order chi connectivity index (χ1) is 8.29. The maximum Gasteiger partial charge on any atom is 0.410 e. The molecular formula is C13H21I2NO2. The van der Waals surface area contributed by atoms with Crippen LogP contribution in [-0.4, -0.2) is 29.2 Å². The molecule has 0 aromatic heterocycles. The molecule has 0 saturated carbocycles. The minimum Gasteiger partial charge on any atom is -0.444 e. The molecule has 3 nitrogen and oxygen atoms in total. The number of nitrogens with zero attached hydrogens (tertiary/aromatic N) is 1. The average molecular weight is 477 g/mol. The molecule has 1 amide bonds. The standard InChI is InChI=1S/C13H21I2NO2/c1-13(2,3)18-12(17)16-9-5-4-6-10(16)7-8-11(14)15/h8,10H,4-7,9H2,1-3H3. The molecule has 0 N–H and O–H groups in total. The molecule has 1 heterocycles. The predicted octanol–water partition coefficient (Wildman–Crippen LogP) is 4.88. The normalized spacial score (nSPS) is 20.5.